The topological polar surface area (TPSA) is 89.6 Å². The number of hydrogen-bond donors (Lipinski definition) is 2. The fourth-order valence-corrected chi connectivity index (χ4v) is 4.68. The van der Waals surface area contributed by atoms with Crippen molar-refractivity contribution in [2.45, 2.75) is 44.6 Å². The third kappa shape index (κ3) is 3.38. The summed E-state index contributed by atoms with van der Waals surface area (Å²) in [5.74, 6) is 0.867. The minimum Gasteiger partial charge on any atom is -0.374 e. The highest BCUT2D eigenvalue weighted by Gasteiger charge is 2.20. The minimum atomic E-state index is 0.485. The number of allylic oxidation sites excluding steroid dienone is 1. The van der Waals surface area contributed by atoms with Crippen LogP contribution in [0.4, 0.5) is 10.9 Å². The molecule has 7 heteroatoms. The molecule has 0 atom stereocenters. The summed E-state index contributed by atoms with van der Waals surface area (Å²) in [6.07, 6.45) is 13.2. The van der Waals surface area contributed by atoms with Gasteiger partial charge in [-0.2, -0.15) is 0 Å². The van der Waals surface area contributed by atoms with Gasteiger partial charge in [0.1, 0.15) is 10.8 Å². The highest BCUT2D eigenvalue weighted by atomic mass is 32.1. The molecule has 0 radical (unpaired) electrons. The van der Waals surface area contributed by atoms with Crippen molar-refractivity contribution in [2.24, 2.45) is 0 Å². The van der Waals surface area contributed by atoms with Gasteiger partial charge in [-0.3, -0.25) is 4.98 Å². The van der Waals surface area contributed by atoms with Crippen molar-refractivity contribution in [1.29, 1.82) is 0 Å². The van der Waals surface area contributed by atoms with Gasteiger partial charge in [-0.15, -0.1) is 10.2 Å². The molecule has 0 saturated heterocycles. The van der Waals surface area contributed by atoms with Gasteiger partial charge in [0.15, 0.2) is 0 Å². The SMILES string of the molecule is Nc1nnc(-c2ccc3c(c2)C(c2cncc(NC4CCCCC4)n2)=CC3)s1. The standard InChI is InChI=1S/C21H22N6S/c22-21-27-26-20(28-21)14-7-6-13-8-9-16(17(13)10-14)18-11-23-12-19(25-18)24-15-4-2-1-3-5-15/h6-7,9-12,15H,1-5,8H2,(H2,22,27)(H,24,25). The van der Waals surface area contributed by atoms with E-state index in [1.807, 2.05) is 12.4 Å². The Kier molecular flexibility index (Phi) is 4.52. The summed E-state index contributed by atoms with van der Waals surface area (Å²) in [5, 5.41) is 13.0. The van der Waals surface area contributed by atoms with E-state index in [9.17, 15) is 0 Å². The van der Waals surface area contributed by atoms with Crippen LogP contribution in [0.2, 0.25) is 0 Å². The lowest BCUT2D eigenvalue weighted by atomic mass is 9.95. The first-order chi connectivity index (χ1) is 13.8. The monoisotopic (exact) mass is 390 g/mol. The Balaban J connectivity index is 1.43. The predicted octanol–water partition coefficient (Wildman–Crippen LogP) is 4.31. The molecule has 28 heavy (non-hydrogen) atoms. The second-order valence-electron chi connectivity index (χ2n) is 7.41. The molecule has 2 aliphatic carbocycles. The van der Waals surface area contributed by atoms with Gasteiger partial charge in [0.05, 0.1) is 18.1 Å². The van der Waals surface area contributed by atoms with Gasteiger partial charge in [-0.1, -0.05) is 48.8 Å². The molecule has 2 aromatic heterocycles. The quantitative estimate of drug-likeness (QED) is 0.690. The number of hydrogen-bond acceptors (Lipinski definition) is 7. The highest BCUT2D eigenvalue weighted by molar-refractivity contribution is 7.18. The Bertz CT molecular complexity index is 1030. The molecule has 0 spiro atoms. The Morgan fingerprint density at radius 1 is 1.07 bits per heavy atom. The Hall–Kier alpha value is -2.80. The van der Waals surface area contributed by atoms with Crippen LogP contribution >= 0.6 is 11.3 Å². The fourth-order valence-electron chi connectivity index (χ4n) is 4.08. The highest BCUT2D eigenvalue weighted by Crippen LogP contribution is 2.36. The van der Waals surface area contributed by atoms with Gasteiger partial charge in [0.25, 0.3) is 0 Å². The average Bonchev–Trinajstić information content (AvgIpc) is 3.35. The van der Waals surface area contributed by atoms with Crippen molar-refractivity contribution in [1.82, 2.24) is 20.2 Å². The minimum absolute atomic E-state index is 0.485. The Morgan fingerprint density at radius 2 is 1.96 bits per heavy atom. The lowest BCUT2D eigenvalue weighted by Crippen LogP contribution is -2.23. The molecule has 3 aromatic rings. The number of anilines is 2. The fraction of sp³-hybridized carbons (Fsp3) is 0.333. The molecular formula is C21H22N6S. The molecule has 6 nitrogen and oxygen atoms in total. The van der Waals surface area contributed by atoms with Gasteiger partial charge < -0.3 is 11.1 Å². The number of benzene rings is 1. The maximum absolute atomic E-state index is 5.75. The summed E-state index contributed by atoms with van der Waals surface area (Å²) in [4.78, 5) is 9.32. The van der Waals surface area contributed by atoms with E-state index in [-0.39, 0.29) is 0 Å². The summed E-state index contributed by atoms with van der Waals surface area (Å²) in [6.45, 7) is 0. The zero-order chi connectivity index (χ0) is 18.9. The van der Waals surface area contributed by atoms with Crippen LogP contribution in [0.15, 0.2) is 36.7 Å². The van der Waals surface area contributed by atoms with Crippen LogP contribution in [0, 0.1) is 0 Å². The first-order valence-corrected chi connectivity index (χ1v) is 10.6. The van der Waals surface area contributed by atoms with Crippen molar-refractivity contribution < 1.29 is 0 Å². The van der Waals surface area contributed by atoms with E-state index in [0.717, 1.165) is 34.1 Å². The van der Waals surface area contributed by atoms with E-state index < -0.39 is 0 Å². The zero-order valence-electron chi connectivity index (χ0n) is 15.6. The van der Waals surface area contributed by atoms with Crippen LogP contribution in [0.25, 0.3) is 16.1 Å². The van der Waals surface area contributed by atoms with Crippen LogP contribution in [0.5, 0.6) is 0 Å². The Labute approximate surface area is 168 Å². The molecule has 0 bridgehead atoms. The van der Waals surface area contributed by atoms with Gasteiger partial charge in [-0.25, -0.2) is 4.98 Å². The Morgan fingerprint density at radius 3 is 2.79 bits per heavy atom. The van der Waals surface area contributed by atoms with E-state index in [1.165, 1.54) is 54.6 Å². The molecule has 1 fully saturated rings. The first kappa shape index (κ1) is 17.3. The van der Waals surface area contributed by atoms with E-state index in [2.05, 4.69) is 44.8 Å². The first-order valence-electron chi connectivity index (χ1n) is 9.78. The van der Waals surface area contributed by atoms with Crippen LogP contribution in [-0.4, -0.2) is 26.2 Å². The smallest absolute Gasteiger partial charge is 0.203 e. The molecular weight excluding hydrogens is 368 g/mol. The lowest BCUT2D eigenvalue weighted by Gasteiger charge is -2.23. The molecule has 0 unspecified atom stereocenters. The van der Waals surface area contributed by atoms with Crippen LogP contribution in [-0.2, 0) is 6.42 Å². The zero-order valence-corrected chi connectivity index (χ0v) is 16.4. The summed E-state index contributed by atoms with van der Waals surface area (Å²) in [6, 6.07) is 6.92. The van der Waals surface area contributed by atoms with Crippen LogP contribution in [0.1, 0.15) is 48.9 Å². The molecule has 0 amide bonds. The van der Waals surface area contributed by atoms with Crippen molar-refractivity contribution in [3.63, 3.8) is 0 Å². The number of nitrogens with zero attached hydrogens (tertiary/aromatic N) is 4. The van der Waals surface area contributed by atoms with E-state index >= 15 is 0 Å². The summed E-state index contributed by atoms with van der Waals surface area (Å²) >= 11 is 1.40. The summed E-state index contributed by atoms with van der Waals surface area (Å²) < 4.78 is 0. The van der Waals surface area contributed by atoms with Crippen LogP contribution in [0.3, 0.4) is 0 Å². The van der Waals surface area contributed by atoms with Crippen molar-refractivity contribution in [3.05, 3.63) is 53.5 Å². The van der Waals surface area contributed by atoms with Crippen molar-refractivity contribution in [2.75, 3.05) is 11.1 Å². The van der Waals surface area contributed by atoms with Gasteiger partial charge in [0.2, 0.25) is 5.13 Å². The van der Waals surface area contributed by atoms with E-state index in [1.54, 1.807) is 0 Å². The van der Waals surface area contributed by atoms with Crippen LogP contribution < -0.4 is 11.1 Å². The number of nitrogens with two attached hydrogens (primary N) is 1. The van der Waals surface area contributed by atoms with E-state index in [0.29, 0.717) is 11.2 Å². The number of rotatable bonds is 4. The van der Waals surface area contributed by atoms with Crippen molar-refractivity contribution in [3.8, 4) is 10.6 Å². The molecule has 2 heterocycles. The van der Waals surface area contributed by atoms with Gasteiger partial charge in [0, 0.05) is 17.2 Å². The maximum atomic E-state index is 5.75. The largest absolute Gasteiger partial charge is 0.374 e. The molecule has 2 aliphatic rings. The molecule has 142 valence electrons. The van der Waals surface area contributed by atoms with Gasteiger partial charge in [-0.05, 0) is 36.5 Å². The molecule has 5 rings (SSSR count). The lowest BCUT2D eigenvalue weighted by molar-refractivity contribution is 0.461. The second-order valence-corrected chi connectivity index (χ2v) is 8.42. The maximum Gasteiger partial charge on any atom is 0.203 e. The molecule has 1 saturated carbocycles. The molecule has 0 aliphatic heterocycles. The number of nitrogens with one attached hydrogen (secondary N) is 1. The predicted molar refractivity (Wildman–Crippen MR) is 113 cm³/mol. The van der Waals surface area contributed by atoms with Gasteiger partial charge >= 0.3 is 0 Å². The number of aromatic nitrogens is 4. The molecule has 1 aromatic carbocycles. The molecule has 3 N–H and O–H groups in total. The summed E-state index contributed by atoms with van der Waals surface area (Å²) in [5.41, 5.74) is 11.3. The number of nitrogen functional groups attached to an aromatic ring is 1. The van der Waals surface area contributed by atoms with E-state index in [4.69, 9.17) is 10.7 Å². The third-order valence-electron chi connectivity index (χ3n) is 5.48. The second kappa shape index (κ2) is 7.31. The third-order valence-corrected chi connectivity index (χ3v) is 6.28. The average molecular weight is 391 g/mol. The number of fused-ring (bicyclic) bond motifs is 1. The van der Waals surface area contributed by atoms with Crippen molar-refractivity contribution >= 4 is 27.9 Å². The summed E-state index contributed by atoms with van der Waals surface area (Å²) in [7, 11) is 0. The normalized spacial score (nSPS) is 16.6.